The van der Waals surface area contributed by atoms with Crippen LogP contribution in [0, 0.1) is 5.82 Å². The summed E-state index contributed by atoms with van der Waals surface area (Å²) in [6.45, 7) is 3.28. The van der Waals surface area contributed by atoms with Gasteiger partial charge in [0, 0.05) is 32.4 Å². The van der Waals surface area contributed by atoms with Gasteiger partial charge in [-0.25, -0.2) is 18.9 Å². The minimum absolute atomic E-state index is 0.0440. The minimum atomic E-state index is -0.251. The largest absolute Gasteiger partial charge is 0.357 e. The number of nitrogens with one attached hydrogen (secondary N) is 1. The summed E-state index contributed by atoms with van der Waals surface area (Å²) < 4.78 is 15.4. The summed E-state index contributed by atoms with van der Waals surface area (Å²) >= 11 is 0. The standard InChI is InChI=1S/C27H28FN7O/c28-21-6-3-5-20(15-21)22-7-4-14-34(22)26-11-10-25-30-18-23(35(25)32-26)27(36)31-17-19-8-9-24(29-16-19)33-12-1-2-13-33/h3,5-6,8-11,15-16,18,22H,1-2,4,7,12-14,17H2,(H,31,36). The lowest BCUT2D eigenvalue weighted by Crippen LogP contribution is -2.26. The van der Waals surface area contributed by atoms with E-state index in [4.69, 9.17) is 5.10 Å². The summed E-state index contributed by atoms with van der Waals surface area (Å²) in [6.07, 6.45) is 7.69. The first-order chi connectivity index (χ1) is 17.7. The monoisotopic (exact) mass is 485 g/mol. The van der Waals surface area contributed by atoms with Crippen molar-refractivity contribution in [3.8, 4) is 0 Å². The molecular formula is C27H28FN7O. The second-order valence-electron chi connectivity index (χ2n) is 9.41. The number of fused-ring (bicyclic) bond motifs is 1. The fourth-order valence-corrected chi connectivity index (χ4v) is 5.20. The molecule has 0 aliphatic carbocycles. The van der Waals surface area contributed by atoms with E-state index >= 15 is 0 Å². The zero-order valence-corrected chi connectivity index (χ0v) is 20.0. The molecular weight excluding hydrogens is 457 g/mol. The molecule has 1 unspecified atom stereocenters. The predicted molar refractivity (Wildman–Crippen MR) is 136 cm³/mol. The van der Waals surface area contributed by atoms with Gasteiger partial charge < -0.3 is 15.1 Å². The van der Waals surface area contributed by atoms with Crippen molar-refractivity contribution in [1.82, 2.24) is 24.9 Å². The smallest absolute Gasteiger partial charge is 0.271 e. The summed E-state index contributed by atoms with van der Waals surface area (Å²) in [6, 6.07) is 14.6. The maximum atomic E-state index is 13.8. The summed E-state index contributed by atoms with van der Waals surface area (Å²) in [5, 5.41) is 7.72. The van der Waals surface area contributed by atoms with Crippen LogP contribution in [0.5, 0.6) is 0 Å². The normalized spacial score (nSPS) is 17.8. The van der Waals surface area contributed by atoms with Crippen molar-refractivity contribution >= 4 is 23.2 Å². The van der Waals surface area contributed by atoms with Crippen LogP contribution in [-0.2, 0) is 6.54 Å². The Balaban J connectivity index is 1.18. The Morgan fingerprint density at radius 3 is 2.64 bits per heavy atom. The van der Waals surface area contributed by atoms with Crippen LogP contribution < -0.4 is 15.1 Å². The molecule has 2 fully saturated rings. The van der Waals surface area contributed by atoms with Gasteiger partial charge in [0.1, 0.15) is 17.5 Å². The molecule has 0 radical (unpaired) electrons. The maximum Gasteiger partial charge on any atom is 0.271 e. The Hall–Kier alpha value is -4.01. The average Bonchev–Trinajstić information content (AvgIpc) is 3.68. The lowest BCUT2D eigenvalue weighted by atomic mass is 10.0. The van der Waals surface area contributed by atoms with E-state index in [1.165, 1.54) is 18.9 Å². The summed E-state index contributed by atoms with van der Waals surface area (Å²) in [5.41, 5.74) is 2.84. The van der Waals surface area contributed by atoms with Crippen molar-refractivity contribution in [3.63, 3.8) is 0 Å². The molecule has 2 aliphatic rings. The number of aromatic nitrogens is 4. The second-order valence-corrected chi connectivity index (χ2v) is 9.41. The predicted octanol–water partition coefficient (Wildman–Crippen LogP) is 4.14. The quantitative estimate of drug-likeness (QED) is 0.442. The van der Waals surface area contributed by atoms with Crippen molar-refractivity contribution in [2.45, 2.75) is 38.3 Å². The molecule has 5 heterocycles. The molecule has 1 amide bonds. The van der Waals surface area contributed by atoms with Crippen LogP contribution in [0.3, 0.4) is 0 Å². The second kappa shape index (κ2) is 9.56. The Labute approximate surface area is 208 Å². The van der Waals surface area contributed by atoms with Gasteiger partial charge in [0.25, 0.3) is 5.91 Å². The van der Waals surface area contributed by atoms with E-state index in [2.05, 4.69) is 25.1 Å². The van der Waals surface area contributed by atoms with Gasteiger partial charge >= 0.3 is 0 Å². The first-order valence-corrected chi connectivity index (χ1v) is 12.5. The van der Waals surface area contributed by atoms with E-state index in [1.807, 2.05) is 36.5 Å². The summed E-state index contributed by atoms with van der Waals surface area (Å²) in [5.74, 6) is 1.23. The molecule has 6 rings (SSSR count). The third-order valence-corrected chi connectivity index (χ3v) is 7.05. The maximum absolute atomic E-state index is 13.8. The number of hydrogen-bond acceptors (Lipinski definition) is 6. The van der Waals surface area contributed by atoms with E-state index < -0.39 is 0 Å². The molecule has 4 aromatic rings. The van der Waals surface area contributed by atoms with Crippen LogP contribution in [0.4, 0.5) is 16.0 Å². The number of nitrogens with zero attached hydrogens (tertiary/aromatic N) is 6. The van der Waals surface area contributed by atoms with E-state index in [0.717, 1.165) is 55.2 Å². The van der Waals surface area contributed by atoms with Crippen molar-refractivity contribution in [1.29, 1.82) is 0 Å². The molecule has 1 N–H and O–H groups in total. The molecule has 184 valence electrons. The van der Waals surface area contributed by atoms with Crippen LogP contribution in [0.25, 0.3) is 5.65 Å². The Kier molecular flexibility index (Phi) is 5.96. The molecule has 2 saturated heterocycles. The summed E-state index contributed by atoms with van der Waals surface area (Å²) in [7, 11) is 0. The van der Waals surface area contributed by atoms with E-state index in [9.17, 15) is 9.18 Å². The number of anilines is 2. The highest BCUT2D eigenvalue weighted by atomic mass is 19.1. The number of hydrogen-bond donors (Lipinski definition) is 1. The van der Waals surface area contributed by atoms with Gasteiger partial charge in [-0.2, -0.15) is 0 Å². The van der Waals surface area contributed by atoms with Gasteiger partial charge in [0.15, 0.2) is 11.3 Å². The van der Waals surface area contributed by atoms with Crippen molar-refractivity contribution in [3.05, 3.63) is 83.6 Å². The summed E-state index contributed by atoms with van der Waals surface area (Å²) in [4.78, 5) is 26.4. The molecule has 3 aromatic heterocycles. The highest BCUT2D eigenvalue weighted by Gasteiger charge is 2.28. The fraction of sp³-hybridized carbons (Fsp3) is 0.333. The van der Waals surface area contributed by atoms with E-state index in [0.29, 0.717) is 17.9 Å². The van der Waals surface area contributed by atoms with Crippen LogP contribution >= 0.6 is 0 Å². The molecule has 2 aliphatic heterocycles. The van der Waals surface area contributed by atoms with Gasteiger partial charge in [-0.3, -0.25) is 4.79 Å². The number of pyridine rings is 1. The van der Waals surface area contributed by atoms with Crippen molar-refractivity contribution in [2.24, 2.45) is 0 Å². The van der Waals surface area contributed by atoms with Crippen LogP contribution in [0.15, 0.2) is 60.9 Å². The number of imidazole rings is 1. The van der Waals surface area contributed by atoms with Gasteiger partial charge in [-0.1, -0.05) is 18.2 Å². The molecule has 0 bridgehead atoms. The zero-order chi connectivity index (χ0) is 24.5. The van der Waals surface area contributed by atoms with Crippen molar-refractivity contribution in [2.75, 3.05) is 29.4 Å². The van der Waals surface area contributed by atoms with E-state index in [1.54, 1.807) is 22.8 Å². The number of rotatable bonds is 6. The highest BCUT2D eigenvalue weighted by molar-refractivity contribution is 5.93. The molecule has 0 spiro atoms. The van der Waals surface area contributed by atoms with Crippen LogP contribution in [0.1, 0.15) is 53.3 Å². The number of carbonyl (C=O) groups excluding carboxylic acids is 1. The Morgan fingerprint density at radius 1 is 0.972 bits per heavy atom. The number of amides is 1. The van der Waals surface area contributed by atoms with Gasteiger partial charge in [0.05, 0.1) is 12.2 Å². The number of benzene rings is 1. The van der Waals surface area contributed by atoms with Crippen LogP contribution in [0.2, 0.25) is 0 Å². The number of carbonyl (C=O) groups is 1. The first-order valence-electron chi connectivity index (χ1n) is 12.5. The average molecular weight is 486 g/mol. The van der Waals surface area contributed by atoms with Crippen LogP contribution in [-0.4, -0.2) is 45.1 Å². The fourth-order valence-electron chi connectivity index (χ4n) is 5.20. The lowest BCUT2D eigenvalue weighted by molar-refractivity contribution is 0.0944. The third kappa shape index (κ3) is 4.36. The molecule has 1 atom stereocenters. The van der Waals surface area contributed by atoms with Gasteiger partial charge in [0.2, 0.25) is 0 Å². The first kappa shape index (κ1) is 22.5. The Morgan fingerprint density at radius 2 is 1.83 bits per heavy atom. The van der Waals surface area contributed by atoms with Gasteiger partial charge in [-0.05, 0) is 67.1 Å². The lowest BCUT2D eigenvalue weighted by Gasteiger charge is -2.26. The third-order valence-electron chi connectivity index (χ3n) is 7.05. The topological polar surface area (TPSA) is 78.7 Å². The SMILES string of the molecule is O=C(NCc1ccc(N2CCCC2)nc1)c1cnc2ccc(N3CCCC3c3cccc(F)c3)nn12. The molecule has 36 heavy (non-hydrogen) atoms. The Bertz CT molecular complexity index is 1380. The molecule has 9 heteroatoms. The molecule has 0 saturated carbocycles. The van der Waals surface area contributed by atoms with Gasteiger partial charge in [-0.15, -0.1) is 5.10 Å². The van der Waals surface area contributed by atoms with Crippen molar-refractivity contribution < 1.29 is 9.18 Å². The zero-order valence-electron chi connectivity index (χ0n) is 20.0. The van der Waals surface area contributed by atoms with E-state index in [-0.39, 0.29) is 17.8 Å². The minimum Gasteiger partial charge on any atom is -0.357 e. The highest BCUT2D eigenvalue weighted by Crippen LogP contribution is 2.35. The molecule has 1 aromatic carbocycles. The number of halogens is 1. The molecule has 8 nitrogen and oxygen atoms in total.